The van der Waals surface area contributed by atoms with Gasteiger partial charge in [0.2, 0.25) is 10.0 Å². The number of nitrogens with zero attached hydrogens (tertiary/aromatic N) is 1. The highest BCUT2D eigenvalue weighted by Crippen LogP contribution is 2.24. The molecular formula is C14H21NO4S. The van der Waals surface area contributed by atoms with E-state index in [0.717, 1.165) is 0 Å². The van der Waals surface area contributed by atoms with Crippen LogP contribution in [0.2, 0.25) is 0 Å². The normalized spacial score (nSPS) is 12.7. The van der Waals surface area contributed by atoms with Gasteiger partial charge in [-0.25, -0.2) is 17.5 Å². The predicted molar refractivity (Wildman–Crippen MR) is 77.4 cm³/mol. The summed E-state index contributed by atoms with van der Waals surface area (Å²) >= 11 is 0. The Morgan fingerprint density at radius 1 is 1.30 bits per heavy atom. The van der Waals surface area contributed by atoms with Crippen molar-refractivity contribution >= 4 is 16.0 Å². The summed E-state index contributed by atoms with van der Waals surface area (Å²) in [6.07, 6.45) is 0. The van der Waals surface area contributed by atoms with Crippen LogP contribution >= 0.6 is 0 Å². The molecule has 0 fully saturated rings. The molecule has 0 spiro atoms. The molecule has 6 heteroatoms. The molecule has 1 aromatic rings. The van der Waals surface area contributed by atoms with Crippen LogP contribution < -0.4 is 0 Å². The lowest BCUT2D eigenvalue weighted by molar-refractivity contribution is 0.0695. The van der Waals surface area contributed by atoms with Crippen molar-refractivity contribution < 1.29 is 18.3 Å². The Balaban J connectivity index is 3.30. The number of aromatic carboxylic acids is 1. The fraction of sp³-hybridized carbons (Fsp3) is 0.500. The Hall–Kier alpha value is -1.40. The maximum Gasteiger partial charge on any atom is 0.335 e. The molecule has 1 rings (SSSR count). The molecule has 0 bridgehead atoms. The first-order chi connectivity index (χ1) is 8.97. The van der Waals surface area contributed by atoms with Gasteiger partial charge in [-0.15, -0.1) is 0 Å². The van der Waals surface area contributed by atoms with Crippen LogP contribution in [0, 0.1) is 12.3 Å². The van der Waals surface area contributed by atoms with Gasteiger partial charge in [0.05, 0.1) is 10.5 Å². The molecular weight excluding hydrogens is 278 g/mol. The molecule has 1 aromatic carbocycles. The van der Waals surface area contributed by atoms with E-state index in [1.54, 1.807) is 0 Å². The molecule has 0 atom stereocenters. The average Bonchev–Trinajstić information content (AvgIpc) is 2.26. The fourth-order valence-corrected chi connectivity index (χ4v) is 3.69. The standard InChI is InChI=1S/C14H21NO4S/c1-10-11(13(16)17)7-6-8-12(10)20(18,19)15(5)9-14(2,3)4/h6-8H,9H2,1-5H3,(H,16,17). The number of benzene rings is 1. The van der Waals surface area contributed by atoms with E-state index in [2.05, 4.69) is 0 Å². The highest BCUT2D eigenvalue weighted by molar-refractivity contribution is 7.89. The second-order valence-electron chi connectivity index (χ2n) is 6.06. The highest BCUT2D eigenvalue weighted by atomic mass is 32.2. The number of carboxylic acids is 1. The number of carbonyl (C=O) groups is 1. The Kier molecular flexibility index (Phi) is 4.61. The van der Waals surface area contributed by atoms with E-state index in [4.69, 9.17) is 5.11 Å². The first-order valence-corrected chi connectivity index (χ1v) is 7.70. The summed E-state index contributed by atoms with van der Waals surface area (Å²) in [4.78, 5) is 11.1. The van der Waals surface area contributed by atoms with Crippen LogP contribution in [0.4, 0.5) is 0 Å². The summed E-state index contributed by atoms with van der Waals surface area (Å²) in [6, 6.07) is 4.30. The van der Waals surface area contributed by atoms with Gasteiger partial charge in [0.15, 0.2) is 0 Å². The van der Waals surface area contributed by atoms with E-state index in [1.807, 2.05) is 20.8 Å². The second-order valence-corrected chi connectivity index (χ2v) is 8.07. The lowest BCUT2D eigenvalue weighted by atomic mass is 9.97. The molecule has 0 aromatic heterocycles. The Morgan fingerprint density at radius 3 is 2.30 bits per heavy atom. The molecule has 0 aliphatic carbocycles. The van der Waals surface area contributed by atoms with E-state index >= 15 is 0 Å². The smallest absolute Gasteiger partial charge is 0.335 e. The van der Waals surface area contributed by atoms with E-state index < -0.39 is 16.0 Å². The summed E-state index contributed by atoms with van der Waals surface area (Å²) in [5.74, 6) is -1.13. The van der Waals surface area contributed by atoms with Crippen LogP contribution in [-0.4, -0.2) is 37.4 Å². The molecule has 0 saturated heterocycles. The zero-order valence-electron chi connectivity index (χ0n) is 12.5. The van der Waals surface area contributed by atoms with Gasteiger partial charge in [-0.2, -0.15) is 0 Å². The third kappa shape index (κ3) is 3.58. The molecule has 0 aliphatic heterocycles. The van der Waals surface area contributed by atoms with Crippen LogP contribution in [0.1, 0.15) is 36.7 Å². The minimum atomic E-state index is -3.69. The molecule has 112 valence electrons. The van der Waals surface area contributed by atoms with Crippen LogP contribution in [0.25, 0.3) is 0 Å². The molecule has 1 N–H and O–H groups in total. The van der Waals surface area contributed by atoms with Crippen molar-refractivity contribution in [1.29, 1.82) is 0 Å². The molecule has 0 saturated carbocycles. The van der Waals surface area contributed by atoms with E-state index in [0.29, 0.717) is 6.54 Å². The van der Waals surface area contributed by atoms with Crippen molar-refractivity contribution in [2.75, 3.05) is 13.6 Å². The van der Waals surface area contributed by atoms with Gasteiger partial charge in [0, 0.05) is 13.6 Å². The molecule has 0 amide bonds. The Bertz CT molecular complexity index is 615. The second kappa shape index (κ2) is 5.54. The van der Waals surface area contributed by atoms with Crippen molar-refractivity contribution in [2.24, 2.45) is 5.41 Å². The maximum absolute atomic E-state index is 12.5. The minimum absolute atomic E-state index is 0.00948. The van der Waals surface area contributed by atoms with Crippen molar-refractivity contribution in [3.05, 3.63) is 29.3 Å². The molecule has 0 radical (unpaired) electrons. The third-order valence-corrected chi connectivity index (χ3v) is 4.85. The molecule has 0 unspecified atom stereocenters. The highest BCUT2D eigenvalue weighted by Gasteiger charge is 2.27. The zero-order valence-corrected chi connectivity index (χ0v) is 13.3. The van der Waals surface area contributed by atoms with Gasteiger partial charge in [0.1, 0.15) is 0 Å². The van der Waals surface area contributed by atoms with Crippen LogP contribution in [0.5, 0.6) is 0 Å². The molecule has 0 heterocycles. The number of hydrogen-bond acceptors (Lipinski definition) is 3. The van der Waals surface area contributed by atoms with Gasteiger partial charge in [-0.05, 0) is 30.0 Å². The Morgan fingerprint density at radius 2 is 1.85 bits per heavy atom. The van der Waals surface area contributed by atoms with Crippen molar-refractivity contribution in [3.63, 3.8) is 0 Å². The van der Waals surface area contributed by atoms with Gasteiger partial charge < -0.3 is 5.11 Å². The van der Waals surface area contributed by atoms with E-state index in [-0.39, 0.29) is 21.4 Å². The quantitative estimate of drug-likeness (QED) is 0.926. The number of sulfonamides is 1. The minimum Gasteiger partial charge on any atom is -0.478 e. The SMILES string of the molecule is Cc1c(C(=O)O)cccc1S(=O)(=O)N(C)CC(C)(C)C. The maximum atomic E-state index is 12.5. The Labute approximate surface area is 120 Å². The largest absolute Gasteiger partial charge is 0.478 e. The average molecular weight is 299 g/mol. The number of carboxylic acid groups (broad SMARTS) is 1. The molecule has 5 nitrogen and oxygen atoms in total. The summed E-state index contributed by atoms with van der Waals surface area (Å²) < 4.78 is 26.3. The molecule has 0 aliphatic rings. The van der Waals surface area contributed by atoms with Crippen LogP contribution in [0.3, 0.4) is 0 Å². The first-order valence-electron chi connectivity index (χ1n) is 6.26. The van der Waals surface area contributed by atoms with Gasteiger partial charge in [-0.1, -0.05) is 26.8 Å². The van der Waals surface area contributed by atoms with Crippen molar-refractivity contribution in [3.8, 4) is 0 Å². The summed E-state index contributed by atoms with van der Waals surface area (Å²) in [6.45, 7) is 7.70. The first kappa shape index (κ1) is 16.7. The number of rotatable bonds is 4. The van der Waals surface area contributed by atoms with Crippen LogP contribution in [0.15, 0.2) is 23.1 Å². The lowest BCUT2D eigenvalue weighted by Gasteiger charge is -2.26. The van der Waals surface area contributed by atoms with Crippen molar-refractivity contribution in [1.82, 2.24) is 4.31 Å². The fourth-order valence-electron chi connectivity index (χ4n) is 2.05. The summed E-state index contributed by atoms with van der Waals surface area (Å²) in [5.41, 5.74) is 0.0936. The zero-order chi connectivity index (χ0) is 15.7. The topological polar surface area (TPSA) is 74.7 Å². The third-order valence-electron chi connectivity index (χ3n) is 2.90. The van der Waals surface area contributed by atoms with Crippen LogP contribution in [-0.2, 0) is 10.0 Å². The summed E-state index contributed by atoms with van der Waals surface area (Å²) in [5, 5.41) is 9.07. The predicted octanol–water partition coefficient (Wildman–Crippen LogP) is 2.36. The van der Waals surface area contributed by atoms with Gasteiger partial charge in [0.25, 0.3) is 0 Å². The van der Waals surface area contributed by atoms with E-state index in [9.17, 15) is 13.2 Å². The lowest BCUT2D eigenvalue weighted by Crippen LogP contribution is -2.35. The van der Waals surface area contributed by atoms with E-state index in [1.165, 1.54) is 36.5 Å². The van der Waals surface area contributed by atoms with Gasteiger partial charge in [-0.3, -0.25) is 0 Å². The molecule has 20 heavy (non-hydrogen) atoms. The van der Waals surface area contributed by atoms with Gasteiger partial charge >= 0.3 is 5.97 Å². The van der Waals surface area contributed by atoms with Crippen molar-refractivity contribution in [2.45, 2.75) is 32.6 Å². The summed E-state index contributed by atoms with van der Waals surface area (Å²) in [7, 11) is -2.18. The number of hydrogen-bond donors (Lipinski definition) is 1. The monoisotopic (exact) mass is 299 g/mol.